The van der Waals surface area contributed by atoms with Crippen LogP contribution in [-0.2, 0) is 4.79 Å². The van der Waals surface area contributed by atoms with Crippen molar-refractivity contribution >= 4 is 23.5 Å². The second kappa shape index (κ2) is 7.73. The molecule has 0 aliphatic carbocycles. The maximum Gasteiger partial charge on any atom is 0.326 e. The SMILES string of the molecule is CCC[C@H](NC(=O)c1cc(Cl)c(OC)c(OC)c1)C(=O)O. The van der Waals surface area contributed by atoms with E-state index in [4.69, 9.17) is 26.2 Å². The maximum atomic E-state index is 12.1. The van der Waals surface area contributed by atoms with Gasteiger partial charge in [-0.25, -0.2) is 4.79 Å². The summed E-state index contributed by atoms with van der Waals surface area (Å²) in [6.07, 6.45) is 0.992. The number of carbonyl (C=O) groups is 2. The first-order chi connectivity index (χ1) is 9.94. The van der Waals surface area contributed by atoms with Crippen molar-refractivity contribution in [3.05, 3.63) is 22.7 Å². The number of carboxylic acids is 1. The molecule has 0 radical (unpaired) electrons. The molecule has 0 aliphatic heterocycles. The molecule has 0 aromatic heterocycles. The highest BCUT2D eigenvalue weighted by atomic mass is 35.5. The number of carboxylic acid groups (broad SMARTS) is 1. The van der Waals surface area contributed by atoms with Gasteiger partial charge < -0.3 is 19.9 Å². The van der Waals surface area contributed by atoms with Crippen LogP contribution in [0.15, 0.2) is 12.1 Å². The van der Waals surface area contributed by atoms with Crippen LogP contribution in [-0.4, -0.2) is 37.2 Å². The molecule has 7 heteroatoms. The molecule has 116 valence electrons. The molecule has 0 spiro atoms. The van der Waals surface area contributed by atoms with Crippen molar-refractivity contribution in [3.8, 4) is 11.5 Å². The fourth-order valence-electron chi connectivity index (χ4n) is 1.84. The van der Waals surface area contributed by atoms with E-state index in [1.807, 2.05) is 6.92 Å². The van der Waals surface area contributed by atoms with Crippen LogP contribution >= 0.6 is 11.6 Å². The number of amides is 1. The van der Waals surface area contributed by atoms with Crippen LogP contribution in [0.5, 0.6) is 11.5 Å². The zero-order valence-corrected chi connectivity index (χ0v) is 12.9. The number of halogens is 1. The molecule has 0 fully saturated rings. The second-order valence-electron chi connectivity index (χ2n) is 4.35. The van der Waals surface area contributed by atoms with Crippen molar-refractivity contribution in [2.45, 2.75) is 25.8 Å². The Morgan fingerprint density at radius 2 is 2.00 bits per heavy atom. The topological polar surface area (TPSA) is 84.9 Å². The molecule has 1 aromatic rings. The van der Waals surface area contributed by atoms with Crippen LogP contribution in [0.1, 0.15) is 30.1 Å². The van der Waals surface area contributed by atoms with Crippen LogP contribution in [0.4, 0.5) is 0 Å². The van der Waals surface area contributed by atoms with Crippen molar-refractivity contribution in [2.75, 3.05) is 14.2 Å². The van der Waals surface area contributed by atoms with Crippen LogP contribution in [0.25, 0.3) is 0 Å². The summed E-state index contributed by atoms with van der Waals surface area (Å²) >= 11 is 6.02. The van der Waals surface area contributed by atoms with Gasteiger partial charge in [-0.1, -0.05) is 24.9 Å². The zero-order chi connectivity index (χ0) is 16.0. The smallest absolute Gasteiger partial charge is 0.326 e. The van der Waals surface area contributed by atoms with E-state index in [9.17, 15) is 9.59 Å². The van der Waals surface area contributed by atoms with E-state index >= 15 is 0 Å². The molecule has 0 aliphatic rings. The standard InChI is InChI=1S/C14H18ClNO5/c1-4-5-10(14(18)19)16-13(17)8-6-9(15)12(21-3)11(7-8)20-2/h6-7,10H,4-5H2,1-3H3,(H,16,17)(H,18,19)/t10-/m0/s1. The van der Waals surface area contributed by atoms with Gasteiger partial charge in [-0.05, 0) is 18.6 Å². The Hall–Kier alpha value is -1.95. The Morgan fingerprint density at radius 3 is 2.48 bits per heavy atom. The lowest BCUT2D eigenvalue weighted by atomic mass is 10.1. The summed E-state index contributed by atoms with van der Waals surface area (Å²) in [7, 11) is 2.86. The number of aliphatic carboxylic acids is 1. The summed E-state index contributed by atoms with van der Waals surface area (Å²) < 4.78 is 10.2. The quantitative estimate of drug-likeness (QED) is 0.806. The number of methoxy groups -OCH3 is 2. The van der Waals surface area contributed by atoms with Gasteiger partial charge in [0.2, 0.25) is 0 Å². The van der Waals surface area contributed by atoms with Gasteiger partial charge in [-0.3, -0.25) is 4.79 Å². The number of hydrogen-bond acceptors (Lipinski definition) is 4. The van der Waals surface area contributed by atoms with Gasteiger partial charge >= 0.3 is 5.97 Å². The lowest BCUT2D eigenvalue weighted by molar-refractivity contribution is -0.139. The molecular formula is C14H18ClNO5. The highest BCUT2D eigenvalue weighted by Gasteiger charge is 2.21. The molecule has 0 unspecified atom stereocenters. The van der Waals surface area contributed by atoms with Crippen molar-refractivity contribution in [1.82, 2.24) is 5.32 Å². The minimum Gasteiger partial charge on any atom is -0.493 e. The molecular weight excluding hydrogens is 298 g/mol. The molecule has 0 saturated heterocycles. The average Bonchev–Trinajstić information content (AvgIpc) is 2.45. The maximum absolute atomic E-state index is 12.1. The largest absolute Gasteiger partial charge is 0.493 e. The van der Waals surface area contributed by atoms with Crippen molar-refractivity contribution < 1.29 is 24.2 Å². The van der Waals surface area contributed by atoms with Crippen LogP contribution in [0.3, 0.4) is 0 Å². The predicted octanol–water partition coefficient (Wildman–Crippen LogP) is 2.34. The molecule has 2 N–H and O–H groups in total. The third-order valence-electron chi connectivity index (χ3n) is 2.88. The first-order valence-electron chi connectivity index (χ1n) is 6.39. The van der Waals surface area contributed by atoms with Gasteiger partial charge in [0.05, 0.1) is 19.2 Å². The summed E-state index contributed by atoms with van der Waals surface area (Å²) in [5.41, 5.74) is 0.208. The van der Waals surface area contributed by atoms with Crippen molar-refractivity contribution in [2.24, 2.45) is 0 Å². The fraction of sp³-hybridized carbons (Fsp3) is 0.429. The van der Waals surface area contributed by atoms with Crippen molar-refractivity contribution in [3.63, 3.8) is 0 Å². The molecule has 21 heavy (non-hydrogen) atoms. The third-order valence-corrected chi connectivity index (χ3v) is 3.16. The fourth-order valence-corrected chi connectivity index (χ4v) is 2.12. The van der Waals surface area contributed by atoms with E-state index in [0.717, 1.165) is 0 Å². The molecule has 0 saturated carbocycles. The second-order valence-corrected chi connectivity index (χ2v) is 4.75. The predicted molar refractivity (Wildman–Crippen MR) is 78.4 cm³/mol. The van der Waals surface area contributed by atoms with Crippen LogP contribution < -0.4 is 14.8 Å². The molecule has 0 bridgehead atoms. The third kappa shape index (κ3) is 4.26. The Balaban J connectivity index is 3.02. The monoisotopic (exact) mass is 315 g/mol. The summed E-state index contributed by atoms with van der Waals surface area (Å²) in [5, 5.41) is 11.7. The van der Waals surface area contributed by atoms with E-state index in [-0.39, 0.29) is 10.6 Å². The summed E-state index contributed by atoms with van der Waals surface area (Å²) in [4.78, 5) is 23.2. The Bertz CT molecular complexity index is 532. The Kier molecular flexibility index (Phi) is 6.30. The number of rotatable bonds is 7. The molecule has 1 rings (SSSR count). The molecule has 0 heterocycles. The van der Waals surface area contributed by atoms with Gasteiger partial charge in [0.1, 0.15) is 6.04 Å². The molecule has 1 aromatic carbocycles. The minimum atomic E-state index is -1.07. The summed E-state index contributed by atoms with van der Waals surface area (Å²) in [5.74, 6) is -0.980. The number of carbonyl (C=O) groups excluding carboxylic acids is 1. The van der Waals surface area contributed by atoms with Crippen LogP contribution in [0, 0.1) is 0 Å². The number of nitrogens with one attached hydrogen (secondary N) is 1. The van der Waals surface area contributed by atoms with E-state index in [2.05, 4.69) is 5.32 Å². The van der Waals surface area contributed by atoms with Gasteiger partial charge in [0.25, 0.3) is 5.91 Å². The number of ether oxygens (including phenoxy) is 2. The van der Waals surface area contributed by atoms with E-state index < -0.39 is 17.9 Å². The van der Waals surface area contributed by atoms with E-state index in [1.54, 1.807) is 0 Å². The minimum absolute atomic E-state index is 0.208. The summed E-state index contributed by atoms with van der Waals surface area (Å²) in [6.45, 7) is 1.84. The zero-order valence-electron chi connectivity index (χ0n) is 12.1. The lowest BCUT2D eigenvalue weighted by Crippen LogP contribution is -2.40. The first-order valence-corrected chi connectivity index (χ1v) is 6.77. The first kappa shape index (κ1) is 17.1. The van der Waals surface area contributed by atoms with Gasteiger partial charge in [0.15, 0.2) is 11.5 Å². The lowest BCUT2D eigenvalue weighted by Gasteiger charge is -2.15. The van der Waals surface area contributed by atoms with Gasteiger partial charge in [0, 0.05) is 5.56 Å². The number of hydrogen-bond donors (Lipinski definition) is 2. The van der Waals surface area contributed by atoms with Gasteiger partial charge in [-0.2, -0.15) is 0 Å². The Labute approximate surface area is 128 Å². The Morgan fingerprint density at radius 1 is 1.33 bits per heavy atom. The van der Waals surface area contributed by atoms with Crippen LogP contribution in [0.2, 0.25) is 5.02 Å². The van der Waals surface area contributed by atoms with E-state index in [1.165, 1.54) is 26.4 Å². The highest BCUT2D eigenvalue weighted by molar-refractivity contribution is 6.32. The normalized spacial score (nSPS) is 11.6. The average molecular weight is 316 g/mol. The van der Waals surface area contributed by atoms with Gasteiger partial charge in [-0.15, -0.1) is 0 Å². The number of benzene rings is 1. The molecule has 6 nitrogen and oxygen atoms in total. The summed E-state index contributed by atoms with van der Waals surface area (Å²) in [6, 6.07) is 1.92. The molecule has 1 atom stereocenters. The van der Waals surface area contributed by atoms with E-state index in [0.29, 0.717) is 24.3 Å². The highest BCUT2D eigenvalue weighted by Crippen LogP contribution is 2.35. The molecule has 1 amide bonds. The van der Waals surface area contributed by atoms with Crippen molar-refractivity contribution in [1.29, 1.82) is 0 Å².